The molecule has 1 aliphatic rings. The van der Waals surface area contributed by atoms with Crippen molar-refractivity contribution in [3.63, 3.8) is 0 Å². The van der Waals surface area contributed by atoms with Gasteiger partial charge in [-0.05, 0) is 37.1 Å². The lowest BCUT2D eigenvalue weighted by atomic mass is 10.2. The van der Waals surface area contributed by atoms with Gasteiger partial charge in [-0.15, -0.1) is 0 Å². The van der Waals surface area contributed by atoms with E-state index >= 15 is 0 Å². The van der Waals surface area contributed by atoms with Crippen LogP contribution in [0.3, 0.4) is 0 Å². The zero-order valence-electron chi connectivity index (χ0n) is 13.6. The summed E-state index contributed by atoms with van der Waals surface area (Å²) in [6.07, 6.45) is 5.99. The average molecular weight is 321 g/mol. The van der Waals surface area contributed by atoms with E-state index in [0.29, 0.717) is 17.8 Å². The Balaban J connectivity index is 1.68. The fourth-order valence-electron chi connectivity index (χ4n) is 2.87. The van der Waals surface area contributed by atoms with Crippen LogP contribution >= 0.6 is 0 Å². The maximum absolute atomic E-state index is 12.7. The van der Waals surface area contributed by atoms with Gasteiger partial charge in [0.15, 0.2) is 0 Å². The van der Waals surface area contributed by atoms with Crippen molar-refractivity contribution in [2.45, 2.75) is 13.3 Å². The third kappa shape index (κ3) is 3.51. The Hall–Kier alpha value is -2.94. The normalized spacial score (nSPS) is 14.8. The Morgan fingerprint density at radius 2 is 2.04 bits per heavy atom. The lowest BCUT2D eigenvalue weighted by molar-refractivity contribution is 0.0766. The van der Waals surface area contributed by atoms with E-state index in [9.17, 15) is 4.79 Å². The van der Waals surface area contributed by atoms with Crippen molar-refractivity contribution in [1.82, 2.24) is 14.9 Å². The number of pyridine rings is 2. The largest absolute Gasteiger partial charge is 0.368 e. The van der Waals surface area contributed by atoms with Gasteiger partial charge in [0.25, 0.3) is 5.91 Å². The van der Waals surface area contributed by atoms with E-state index in [-0.39, 0.29) is 5.91 Å². The van der Waals surface area contributed by atoms with E-state index in [0.717, 1.165) is 37.3 Å². The summed E-state index contributed by atoms with van der Waals surface area (Å²) in [5.41, 5.74) is 3.03. The van der Waals surface area contributed by atoms with Crippen molar-refractivity contribution in [3.05, 3.63) is 53.6 Å². The van der Waals surface area contributed by atoms with Crippen LogP contribution in [-0.2, 0) is 0 Å². The number of carbonyl (C=O) groups excluding carboxylic acids is 1. The highest BCUT2D eigenvalue weighted by atomic mass is 16.2. The highest BCUT2D eigenvalue weighted by Gasteiger charge is 2.21. The molecule has 0 bridgehead atoms. The fraction of sp³-hybridized carbons (Fsp3) is 0.333. The molecule has 0 aliphatic carbocycles. The summed E-state index contributed by atoms with van der Waals surface area (Å²) < 4.78 is 0. The number of aromatic nitrogens is 2. The van der Waals surface area contributed by atoms with Crippen LogP contribution in [0.5, 0.6) is 0 Å². The first kappa shape index (κ1) is 15.9. The second-order valence-corrected chi connectivity index (χ2v) is 5.90. The van der Waals surface area contributed by atoms with Crippen molar-refractivity contribution in [3.8, 4) is 6.07 Å². The number of amides is 1. The van der Waals surface area contributed by atoms with E-state index in [4.69, 9.17) is 5.26 Å². The Labute approximate surface area is 141 Å². The Morgan fingerprint density at radius 3 is 2.75 bits per heavy atom. The molecule has 6 nitrogen and oxygen atoms in total. The molecule has 3 heterocycles. The monoisotopic (exact) mass is 321 g/mol. The second-order valence-electron chi connectivity index (χ2n) is 5.90. The van der Waals surface area contributed by atoms with Crippen molar-refractivity contribution in [2.24, 2.45) is 0 Å². The molecule has 0 aromatic carbocycles. The summed E-state index contributed by atoms with van der Waals surface area (Å²) in [6, 6.07) is 7.54. The Kier molecular flexibility index (Phi) is 4.71. The molecule has 1 aliphatic heterocycles. The predicted octanol–water partition coefficient (Wildman–Crippen LogP) is 2.01. The smallest absolute Gasteiger partial charge is 0.255 e. The zero-order valence-corrected chi connectivity index (χ0v) is 13.6. The van der Waals surface area contributed by atoms with Gasteiger partial charge < -0.3 is 9.80 Å². The number of anilines is 1. The Bertz CT molecular complexity index is 766. The summed E-state index contributed by atoms with van der Waals surface area (Å²) in [4.78, 5) is 25.0. The summed E-state index contributed by atoms with van der Waals surface area (Å²) >= 11 is 0. The standard InChI is InChI=1S/C18H19N5O/c1-14-9-15(12-20-11-14)18(24)23-6-2-5-22(7-8-23)17-4-3-16(10-19)21-13-17/h3-4,9,11-13H,2,5-8H2,1H3. The van der Waals surface area contributed by atoms with Crippen LogP contribution < -0.4 is 4.90 Å². The van der Waals surface area contributed by atoms with Gasteiger partial charge in [0.1, 0.15) is 11.8 Å². The maximum Gasteiger partial charge on any atom is 0.255 e. The molecule has 2 aromatic rings. The number of hydrogen-bond acceptors (Lipinski definition) is 5. The van der Waals surface area contributed by atoms with Gasteiger partial charge in [0.2, 0.25) is 0 Å². The molecule has 122 valence electrons. The van der Waals surface area contributed by atoms with Gasteiger partial charge >= 0.3 is 0 Å². The molecule has 1 saturated heterocycles. The minimum Gasteiger partial charge on any atom is -0.368 e. The van der Waals surface area contributed by atoms with E-state index in [1.54, 1.807) is 24.7 Å². The molecule has 6 heteroatoms. The van der Waals surface area contributed by atoms with Gasteiger partial charge in [-0.2, -0.15) is 5.26 Å². The lowest BCUT2D eigenvalue weighted by Crippen LogP contribution is -2.35. The van der Waals surface area contributed by atoms with Gasteiger partial charge in [-0.25, -0.2) is 4.98 Å². The molecule has 0 spiro atoms. The second kappa shape index (κ2) is 7.09. The number of carbonyl (C=O) groups is 1. The first-order valence-electron chi connectivity index (χ1n) is 7.99. The van der Waals surface area contributed by atoms with Crippen LogP contribution in [0.15, 0.2) is 36.8 Å². The molecule has 0 unspecified atom stereocenters. The molecule has 1 amide bonds. The van der Waals surface area contributed by atoms with Crippen LogP contribution in [0.1, 0.15) is 28.0 Å². The van der Waals surface area contributed by atoms with Crippen molar-refractivity contribution in [1.29, 1.82) is 5.26 Å². The third-order valence-corrected chi connectivity index (χ3v) is 4.13. The maximum atomic E-state index is 12.7. The van der Waals surface area contributed by atoms with Gasteiger partial charge in [-0.1, -0.05) is 0 Å². The predicted molar refractivity (Wildman–Crippen MR) is 90.7 cm³/mol. The minimum absolute atomic E-state index is 0.0333. The molecular formula is C18H19N5O. The third-order valence-electron chi connectivity index (χ3n) is 4.13. The van der Waals surface area contributed by atoms with E-state index < -0.39 is 0 Å². The van der Waals surface area contributed by atoms with E-state index in [2.05, 4.69) is 14.9 Å². The number of rotatable bonds is 2. The number of hydrogen-bond donors (Lipinski definition) is 0. The molecule has 0 atom stereocenters. The zero-order chi connectivity index (χ0) is 16.9. The van der Waals surface area contributed by atoms with Crippen molar-refractivity contribution < 1.29 is 4.79 Å². The minimum atomic E-state index is 0.0333. The number of aryl methyl sites for hydroxylation is 1. The highest BCUT2D eigenvalue weighted by Crippen LogP contribution is 2.17. The van der Waals surface area contributed by atoms with E-state index in [1.807, 2.05) is 30.0 Å². The van der Waals surface area contributed by atoms with Gasteiger partial charge in [0.05, 0.1) is 17.4 Å². The van der Waals surface area contributed by atoms with E-state index in [1.165, 1.54) is 0 Å². The molecule has 2 aromatic heterocycles. The van der Waals surface area contributed by atoms with Crippen LogP contribution in [0.4, 0.5) is 5.69 Å². The first-order valence-corrected chi connectivity index (χ1v) is 7.99. The van der Waals surface area contributed by atoms with Gasteiger partial charge in [-0.3, -0.25) is 9.78 Å². The lowest BCUT2D eigenvalue weighted by Gasteiger charge is -2.23. The number of nitrogens with zero attached hydrogens (tertiary/aromatic N) is 5. The average Bonchev–Trinajstić information content (AvgIpc) is 2.87. The summed E-state index contributed by atoms with van der Waals surface area (Å²) in [7, 11) is 0. The highest BCUT2D eigenvalue weighted by molar-refractivity contribution is 5.94. The first-order chi connectivity index (χ1) is 11.7. The Morgan fingerprint density at radius 1 is 1.17 bits per heavy atom. The molecule has 3 rings (SSSR count). The van der Waals surface area contributed by atoms with Crippen LogP contribution in [-0.4, -0.2) is 47.0 Å². The van der Waals surface area contributed by atoms with Crippen LogP contribution in [0, 0.1) is 18.3 Å². The molecule has 24 heavy (non-hydrogen) atoms. The molecule has 0 N–H and O–H groups in total. The number of nitriles is 1. The topological polar surface area (TPSA) is 73.1 Å². The van der Waals surface area contributed by atoms with Crippen molar-refractivity contribution in [2.75, 3.05) is 31.1 Å². The SMILES string of the molecule is Cc1cncc(C(=O)N2CCCN(c3ccc(C#N)nc3)CC2)c1. The summed E-state index contributed by atoms with van der Waals surface area (Å²) in [6.45, 7) is 4.94. The quantitative estimate of drug-likeness (QED) is 0.846. The van der Waals surface area contributed by atoms with Crippen LogP contribution in [0.25, 0.3) is 0 Å². The molecule has 0 saturated carbocycles. The fourth-order valence-corrected chi connectivity index (χ4v) is 2.87. The molecular weight excluding hydrogens is 302 g/mol. The van der Waals surface area contributed by atoms with Crippen LogP contribution in [0.2, 0.25) is 0 Å². The van der Waals surface area contributed by atoms with Gasteiger partial charge in [0, 0.05) is 38.6 Å². The van der Waals surface area contributed by atoms with Crippen molar-refractivity contribution >= 4 is 11.6 Å². The molecule has 1 fully saturated rings. The molecule has 0 radical (unpaired) electrons. The summed E-state index contributed by atoms with van der Waals surface area (Å²) in [5.74, 6) is 0.0333. The summed E-state index contributed by atoms with van der Waals surface area (Å²) in [5, 5.41) is 8.83.